The van der Waals surface area contributed by atoms with Crippen LogP contribution < -0.4 is 0 Å². The Morgan fingerprint density at radius 1 is 1.27 bits per heavy atom. The molecule has 1 aliphatic heterocycles. The van der Waals surface area contributed by atoms with Gasteiger partial charge in [-0.15, -0.1) is 6.58 Å². The van der Waals surface area contributed by atoms with Crippen LogP contribution in [0, 0.1) is 5.41 Å². The molecule has 4 heteroatoms. The second-order valence-electron chi connectivity index (χ2n) is 7.67. The number of allylic oxidation sites excluding steroid dienone is 1. The van der Waals surface area contributed by atoms with Gasteiger partial charge in [-0.25, -0.2) is 0 Å². The van der Waals surface area contributed by atoms with Crippen molar-refractivity contribution in [3.05, 3.63) is 48.6 Å². The maximum Gasteiger partial charge on any atom is 0.225 e. The molecule has 4 nitrogen and oxygen atoms in total. The van der Waals surface area contributed by atoms with Gasteiger partial charge in [-0.3, -0.25) is 4.79 Å². The van der Waals surface area contributed by atoms with Crippen molar-refractivity contribution in [2.45, 2.75) is 63.8 Å². The number of benzene rings is 1. The van der Waals surface area contributed by atoms with Crippen LogP contribution in [0.5, 0.6) is 0 Å². The summed E-state index contributed by atoms with van der Waals surface area (Å²) in [6.45, 7) is 5.14. The van der Waals surface area contributed by atoms with Gasteiger partial charge in [-0.2, -0.15) is 0 Å². The molecule has 0 bridgehead atoms. The van der Waals surface area contributed by atoms with Gasteiger partial charge < -0.3 is 14.4 Å². The monoisotopic (exact) mass is 357 g/mol. The van der Waals surface area contributed by atoms with Gasteiger partial charge in [0.15, 0.2) is 0 Å². The molecule has 0 aromatic heterocycles. The maximum atomic E-state index is 13.1. The van der Waals surface area contributed by atoms with Crippen molar-refractivity contribution in [1.82, 2.24) is 4.90 Å². The van der Waals surface area contributed by atoms with Crippen LogP contribution in [0.1, 0.15) is 50.5 Å². The number of ether oxygens (including phenoxy) is 2. The lowest BCUT2D eigenvalue weighted by molar-refractivity contribution is -0.146. The highest BCUT2D eigenvalue weighted by molar-refractivity contribution is 5.78. The lowest BCUT2D eigenvalue weighted by atomic mass is 9.82. The van der Waals surface area contributed by atoms with E-state index in [0.29, 0.717) is 19.6 Å². The molecule has 1 saturated heterocycles. The van der Waals surface area contributed by atoms with E-state index < -0.39 is 0 Å². The first-order valence-electron chi connectivity index (χ1n) is 9.77. The molecule has 3 rings (SSSR count). The third-order valence-electron chi connectivity index (χ3n) is 5.97. The highest BCUT2D eigenvalue weighted by Gasteiger charge is 2.41. The number of hydrogen-bond acceptors (Lipinski definition) is 3. The summed E-state index contributed by atoms with van der Waals surface area (Å²) in [6.07, 6.45) is 8.76. The number of rotatable bonds is 8. The first-order valence-corrected chi connectivity index (χ1v) is 9.77. The molecule has 1 unspecified atom stereocenters. The van der Waals surface area contributed by atoms with E-state index in [2.05, 4.69) is 18.7 Å². The molecule has 0 spiro atoms. The van der Waals surface area contributed by atoms with Crippen molar-refractivity contribution in [3.8, 4) is 0 Å². The van der Waals surface area contributed by atoms with E-state index in [1.807, 2.05) is 29.2 Å². The Bertz CT molecular complexity index is 595. The number of carbonyl (C=O) groups excluding carboxylic acids is 1. The summed E-state index contributed by atoms with van der Waals surface area (Å²) >= 11 is 0. The van der Waals surface area contributed by atoms with E-state index >= 15 is 0 Å². The molecule has 0 radical (unpaired) electrons. The second kappa shape index (κ2) is 8.83. The highest BCUT2D eigenvalue weighted by atomic mass is 16.5. The SMILES string of the molecule is C=CC1(CC(=O)N2C(OC)CC[C@H]2COCc2ccccc2)CCCC1. The van der Waals surface area contributed by atoms with Crippen LogP contribution >= 0.6 is 0 Å². The summed E-state index contributed by atoms with van der Waals surface area (Å²) in [5.74, 6) is 0.185. The van der Waals surface area contributed by atoms with Crippen LogP contribution in [0.3, 0.4) is 0 Å². The molecule has 1 amide bonds. The smallest absolute Gasteiger partial charge is 0.225 e. The zero-order valence-corrected chi connectivity index (χ0v) is 15.9. The molecule has 1 aromatic rings. The van der Waals surface area contributed by atoms with E-state index in [1.165, 1.54) is 12.8 Å². The Hall–Kier alpha value is -1.65. The molecule has 142 valence electrons. The standard InChI is InChI=1S/C22H31NO3/c1-3-22(13-7-8-14-22)15-20(24)23-19(11-12-21(23)25-2)17-26-16-18-9-5-4-6-10-18/h3-6,9-10,19,21H,1,7-8,11-17H2,2H3/t19-,21?/m0/s1. The van der Waals surface area contributed by atoms with Gasteiger partial charge in [0.25, 0.3) is 0 Å². The van der Waals surface area contributed by atoms with Crippen molar-refractivity contribution < 1.29 is 14.3 Å². The molecule has 0 N–H and O–H groups in total. The van der Waals surface area contributed by atoms with Gasteiger partial charge in [0, 0.05) is 13.5 Å². The summed E-state index contributed by atoms with van der Waals surface area (Å²) in [5.41, 5.74) is 1.14. The maximum absolute atomic E-state index is 13.1. The van der Waals surface area contributed by atoms with Gasteiger partial charge in [0.1, 0.15) is 6.23 Å². The summed E-state index contributed by atoms with van der Waals surface area (Å²) in [5, 5.41) is 0. The molecule has 2 fully saturated rings. The van der Waals surface area contributed by atoms with Crippen molar-refractivity contribution in [3.63, 3.8) is 0 Å². The van der Waals surface area contributed by atoms with Gasteiger partial charge in [0.2, 0.25) is 5.91 Å². The van der Waals surface area contributed by atoms with E-state index in [1.54, 1.807) is 7.11 Å². The van der Waals surface area contributed by atoms with Crippen molar-refractivity contribution >= 4 is 5.91 Å². The van der Waals surface area contributed by atoms with Crippen LogP contribution in [0.4, 0.5) is 0 Å². The van der Waals surface area contributed by atoms with E-state index in [9.17, 15) is 4.79 Å². The Kier molecular flexibility index (Phi) is 6.49. The second-order valence-corrected chi connectivity index (χ2v) is 7.67. The van der Waals surface area contributed by atoms with Crippen LogP contribution in [0.15, 0.2) is 43.0 Å². The molecule has 2 aliphatic rings. The molecule has 2 atom stereocenters. The van der Waals surface area contributed by atoms with Gasteiger partial charge in [-0.1, -0.05) is 49.2 Å². The quantitative estimate of drug-likeness (QED) is 0.651. The predicted molar refractivity (Wildman–Crippen MR) is 102 cm³/mol. The first-order chi connectivity index (χ1) is 12.7. The fourth-order valence-electron chi connectivity index (χ4n) is 4.42. The predicted octanol–water partition coefficient (Wildman–Crippen LogP) is 4.30. The van der Waals surface area contributed by atoms with Crippen molar-refractivity contribution in [2.24, 2.45) is 5.41 Å². The molecular formula is C22H31NO3. The molecule has 1 aliphatic carbocycles. The largest absolute Gasteiger partial charge is 0.375 e. The lowest BCUT2D eigenvalue weighted by Crippen LogP contribution is -2.45. The third-order valence-corrected chi connectivity index (χ3v) is 5.97. The molecular weight excluding hydrogens is 326 g/mol. The fourth-order valence-corrected chi connectivity index (χ4v) is 4.42. The minimum Gasteiger partial charge on any atom is -0.375 e. The first kappa shape index (κ1) is 19.1. The van der Waals surface area contributed by atoms with Crippen LogP contribution in [0.2, 0.25) is 0 Å². The average molecular weight is 357 g/mol. The summed E-state index contributed by atoms with van der Waals surface area (Å²) in [6, 6.07) is 10.2. The van der Waals surface area contributed by atoms with Crippen LogP contribution in [-0.2, 0) is 20.9 Å². The number of amides is 1. The molecule has 1 saturated carbocycles. The van der Waals surface area contributed by atoms with Crippen LogP contribution in [0.25, 0.3) is 0 Å². The van der Waals surface area contributed by atoms with Gasteiger partial charge in [-0.05, 0) is 36.7 Å². The van der Waals surface area contributed by atoms with Crippen molar-refractivity contribution in [1.29, 1.82) is 0 Å². The fraction of sp³-hybridized carbons (Fsp3) is 0.591. The Labute approximate surface area is 157 Å². The number of likely N-dealkylation sites (tertiary alicyclic amines) is 1. The number of methoxy groups -OCH3 is 1. The molecule has 1 aromatic carbocycles. The zero-order valence-electron chi connectivity index (χ0n) is 15.9. The van der Waals surface area contributed by atoms with E-state index in [-0.39, 0.29) is 23.6 Å². The Morgan fingerprint density at radius 2 is 2.00 bits per heavy atom. The minimum absolute atomic E-state index is 0.0204. The molecule has 26 heavy (non-hydrogen) atoms. The normalized spacial score (nSPS) is 24.7. The number of carbonyl (C=O) groups is 1. The zero-order chi connectivity index (χ0) is 18.4. The Balaban J connectivity index is 1.60. The minimum atomic E-state index is -0.129. The van der Waals surface area contributed by atoms with E-state index in [0.717, 1.165) is 31.2 Å². The Morgan fingerprint density at radius 3 is 2.65 bits per heavy atom. The summed E-state index contributed by atoms with van der Waals surface area (Å²) < 4.78 is 11.5. The molecule has 1 heterocycles. The lowest BCUT2D eigenvalue weighted by Gasteiger charge is -2.33. The topological polar surface area (TPSA) is 38.8 Å². The van der Waals surface area contributed by atoms with Gasteiger partial charge in [0.05, 0.1) is 19.3 Å². The van der Waals surface area contributed by atoms with E-state index in [4.69, 9.17) is 9.47 Å². The summed E-state index contributed by atoms with van der Waals surface area (Å²) in [7, 11) is 1.69. The number of nitrogens with zero attached hydrogens (tertiary/aromatic N) is 1. The third kappa shape index (κ3) is 4.36. The number of hydrogen-bond donors (Lipinski definition) is 0. The summed E-state index contributed by atoms with van der Waals surface area (Å²) in [4.78, 5) is 15.1. The van der Waals surface area contributed by atoms with Gasteiger partial charge >= 0.3 is 0 Å². The highest BCUT2D eigenvalue weighted by Crippen LogP contribution is 2.43. The average Bonchev–Trinajstić information content (AvgIpc) is 3.30. The van der Waals surface area contributed by atoms with Crippen LogP contribution in [-0.4, -0.2) is 36.8 Å². The van der Waals surface area contributed by atoms with Crippen molar-refractivity contribution in [2.75, 3.05) is 13.7 Å².